The molecular formula is C9H13ClN4O. The third-order valence-electron chi connectivity index (χ3n) is 1.97. The lowest BCUT2D eigenvalue weighted by molar-refractivity contribution is -0.123. The van der Waals surface area contributed by atoms with Crippen LogP contribution in [0.5, 0.6) is 0 Å². The van der Waals surface area contributed by atoms with Crippen LogP contribution in [0.15, 0.2) is 12.3 Å². The van der Waals surface area contributed by atoms with Crippen molar-refractivity contribution in [1.29, 1.82) is 0 Å². The van der Waals surface area contributed by atoms with Crippen molar-refractivity contribution in [2.24, 2.45) is 11.1 Å². The summed E-state index contributed by atoms with van der Waals surface area (Å²) in [4.78, 5) is 19.4. The highest BCUT2D eigenvalue weighted by molar-refractivity contribution is 6.29. The molecule has 1 heterocycles. The van der Waals surface area contributed by atoms with Crippen LogP contribution in [0.1, 0.15) is 13.8 Å². The zero-order chi connectivity index (χ0) is 11.5. The lowest BCUT2D eigenvalue weighted by Gasteiger charge is -2.20. The number of carbonyl (C=O) groups is 1. The quantitative estimate of drug-likeness (QED) is 0.758. The standard InChI is InChI=1S/C9H13ClN4O/c1-9(2,5-11)7(15)14-8-12-4-3-6(10)13-8/h3-4H,5,11H2,1-2H3,(H,12,13,14,15). The summed E-state index contributed by atoms with van der Waals surface area (Å²) in [5.41, 5.74) is 4.82. The molecule has 15 heavy (non-hydrogen) atoms. The minimum absolute atomic E-state index is 0.189. The van der Waals surface area contributed by atoms with Crippen LogP contribution in [0, 0.1) is 5.41 Å². The molecule has 0 saturated carbocycles. The van der Waals surface area contributed by atoms with E-state index in [0.717, 1.165) is 0 Å². The summed E-state index contributed by atoms with van der Waals surface area (Å²) in [5, 5.41) is 2.83. The van der Waals surface area contributed by atoms with Gasteiger partial charge in [0.05, 0.1) is 5.41 Å². The molecule has 1 aromatic rings. The molecule has 0 aromatic carbocycles. The number of nitrogens with zero attached hydrogens (tertiary/aromatic N) is 2. The molecule has 82 valence electrons. The number of amides is 1. The Labute approximate surface area is 93.0 Å². The number of hydrogen-bond donors (Lipinski definition) is 2. The lowest BCUT2D eigenvalue weighted by Crippen LogP contribution is -2.37. The number of halogens is 1. The van der Waals surface area contributed by atoms with E-state index in [4.69, 9.17) is 17.3 Å². The summed E-state index contributed by atoms with van der Waals surface area (Å²) in [7, 11) is 0. The second kappa shape index (κ2) is 4.55. The van der Waals surface area contributed by atoms with Gasteiger partial charge in [-0.1, -0.05) is 11.6 Å². The molecule has 1 aromatic heterocycles. The van der Waals surface area contributed by atoms with Gasteiger partial charge < -0.3 is 5.73 Å². The van der Waals surface area contributed by atoms with Crippen LogP contribution in [0.3, 0.4) is 0 Å². The average molecular weight is 229 g/mol. The summed E-state index contributed by atoms with van der Waals surface area (Å²) >= 11 is 5.65. The van der Waals surface area contributed by atoms with Crippen molar-refractivity contribution in [3.63, 3.8) is 0 Å². The molecule has 1 amide bonds. The maximum Gasteiger partial charge on any atom is 0.233 e. The third kappa shape index (κ3) is 3.14. The predicted octanol–water partition coefficient (Wildman–Crippen LogP) is 1.05. The van der Waals surface area contributed by atoms with Crippen LogP contribution >= 0.6 is 11.6 Å². The molecule has 0 bridgehead atoms. The Balaban J connectivity index is 2.75. The molecule has 0 saturated heterocycles. The zero-order valence-electron chi connectivity index (χ0n) is 8.62. The first kappa shape index (κ1) is 11.9. The minimum Gasteiger partial charge on any atom is -0.329 e. The van der Waals surface area contributed by atoms with Crippen molar-refractivity contribution in [3.05, 3.63) is 17.4 Å². The normalized spacial score (nSPS) is 11.2. The first-order chi connectivity index (χ1) is 6.95. The van der Waals surface area contributed by atoms with Crippen molar-refractivity contribution < 1.29 is 4.79 Å². The van der Waals surface area contributed by atoms with E-state index in [1.807, 2.05) is 0 Å². The van der Waals surface area contributed by atoms with E-state index >= 15 is 0 Å². The second-order valence-electron chi connectivity index (χ2n) is 3.75. The number of hydrogen-bond acceptors (Lipinski definition) is 4. The molecule has 1 rings (SSSR count). The summed E-state index contributed by atoms with van der Waals surface area (Å²) < 4.78 is 0. The molecular weight excluding hydrogens is 216 g/mol. The highest BCUT2D eigenvalue weighted by atomic mass is 35.5. The highest BCUT2D eigenvalue weighted by Crippen LogP contribution is 2.15. The lowest BCUT2D eigenvalue weighted by atomic mass is 9.93. The maximum atomic E-state index is 11.7. The molecule has 0 aliphatic rings. The number of aromatic nitrogens is 2. The fourth-order valence-electron chi connectivity index (χ4n) is 0.760. The van der Waals surface area contributed by atoms with Crippen molar-refractivity contribution in [3.8, 4) is 0 Å². The predicted molar refractivity (Wildman–Crippen MR) is 58.5 cm³/mol. The fraction of sp³-hybridized carbons (Fsp3) is 0.444. The maximum absolute atomic E-state index is 11.7. The highest BCUT2D eigenvalue weighted by Gasteiger charge is 2.26. The summed E-state index contributed by atoms with van der Waals surface area (Å²) in [6.45, 7) is 3.74. The van der Waals surface area contributed by atoms with Crippen LogP contribution in [0.25, 0.3) is 0 Å². The van der Waals surface area contributed by atoms with Crippen LogP contribution < -0.4 is 11.1 Å². The number of anilines is 1. The Kier molecular flexibility index (Phi) is 3.60. The van der Waals surface area contributed by atoms with Gasteiger partial charge in [0.2, 0.25) is 11.9 Å². The fourth-order valence-corrected chi connectivity index (χ4v) is 0.897. The number of rotatable bonds is 3. The third-order valence-corrected chi connectivity index (χ3v) is 2.18. The van der Waals surface area contributed by atoms with Gasteiger partial charge in [-0.3, -0.25) is 10.1 Å². The van der Waals surface area contributed by atoms with Gasteiger partial charge in [-0.25, -0.2) is 9.97 Å². The Morgan fingerprint density at radius 2 is 2.33 bits per heavy atom. The Bertz CT molecular complexity index is 367. The van der Waals surface area contributed by atoms with E-state index in [0.29, 0.717) is 0 Å². The van der Waals surface area contributed by atoms with E-state index in [9.17, 15) is 4.79 Å². The summed E-state index contributed by atoms with van der Waals surface area (Å²) in [6.07, 6.45) is 1.47. The zero-order valence-corrected chi connectivity index (χ0v) is 9.38. The number of carbonyl (C=O) groups excluding carboxylic acids is 1. The monoisotopic (exact) mass is 228 g/mol. The van der Waals surface area contributed by atoms with Gasteiger partial charge in [-0.2, -0.15) is 0 Å². The van der Waals surface area contributed by atoms with Gasteiger partial charge in [0.15, 0.2) is 0 Å². The first-order valence-corrected chi connectivity index (χ1v) is 4.83. The van der Waals surface area contributed by atoms with Crippen LogP contribution in [-0.4, -0.2) is 22.4 Å². The van der Waals surface area contributed by atoms with Gasteiger partial charge in [0.25, 0.3) is 0 Å². The second-order valence-corrected chi connectivity index (χ2v) is 4.13. The number of nitrogens with one attached hydrogen (secondary N) is 1. The Hall–Kier alpha value is -1.20. The van der Waals surface area contributed by atoms with E-state index in [1.165, 1.54) is 12.3 Å². The smallest absolute Gasteiger partial charge is 0.233 e. The molecule has 0 aliphatic carbocycles. The van der Waals surface area contributed by atoms with Crippen molar-refractivity contribution in [2.45, 2.75) is 13.8 Å². The van der Waals surface area contributed by atoms with Gasteiger partial charge in [0.1, 0.15) is 5.15 Å². The molecule has 0 atom stereocenters. The summed E-state index contributed by atoms with van der Waals surface area (Å²) in [6, 6.07) is 1.53. The number of nitrogens with two attached hydrogens (primary N) is 1. The molecule has 0 aliphatic heterocycles. The Morgan fingerprint density at radius 1 is 1.67 bits per heavy atom. The van der Waals surface area contributed by atoms with E-state index in [1.54, 1.807) is 13.8 Å². The Morgan fingerprint density at radius 3 is 2.87 bits per heavy atom. The first-order valence-electron chi connectivity index (χ1n) is 4.46. The van der Waals surface area contributed by atoms with E-state index < -0.39 is 5.41 Å². The van der Waals surface area contributed by atoms with Gasteiger partial charge in [-0.15, -0.1) is 0 Å². The van der Waals surface area contributed by atoms with Gasteiger partial charge in [0, 0.05) is 12.7 Å². The van der Waals surface area contributed by atoms with Crippen LogP contribution in [0.2, 0.25) is 5.15 Å². The molecule has 0 fully saturated rings. The van der Waals surface area contributed by atoms with Crippen molar-refractivity contribution in [2.75, 3.05) is 11.9 Å². The molecule has 6 heteroatoms. The van der Waals surface area contributed by atoms with Crippen LogP contribution in [-0.2, 0) is 4.79 Å². The molecule has 3 N–H and O–H groups in total. The molecule has 5 nitrogen and oxygen atoms in total. The largest absolute Gasteiger partial charge is 0.329 e. The van der Waals surface area contributed by atoms with E-state index in [-0.39, 0.29) is 23.6 Å². The van der Waals surface area contributed by atoms with Crippen molar-refractivity contribution >= 4 is 23.5 Å². The molecule has 0 unspecified atom stereocenters. The average Bonchev–Trinajstić information content (AvgIpc) is 2.17. The molecule has 0 radical (unpaired) electrons. The SMILES string of the molecule is CC(C)(CN)C(=O)Nc1nccc(Cl)n1. The van der Waals surface area contributed by atoms with E-state index in [2.05, 4.69) is 15.3 Å². The summed E-state index contributed by atoms with van der Waals surface area (Å²) in [5.74, 6) is -0.0405. The van der Waals surface area contributed by atoms with Gasteiger partial charge >= 0.3 is 0 Å². The minimum atomic E-state index is -0.647. The van der Waals surface area contributed by atoms with Gasteiger partial charge in [-0.05, 0) is 19.9 Å². The molecule has 0 spiro atoms. The van der Waals surface area contributed by atoms with Crippen molar-refractivity contribution in [1.82, 2.24) is 9.97 Å². The van der Waals surface area contributed by atoms with Crippen LogP contribution in [0.4, 0.5) is 5.95 Å². The topological polar surface area (TPSA) is 80.9 Å².